The third kappa shape index (κ3) is 4.70. The van der Waals surface area contributed by atoms with Gasteiger partial charge in [0.15, 0.2) is 0 Å². The molecule has 3 aromatic heterocycles. The number of aryl methyl sites for hydroxylation is 1. The highest BCUT2D eigenvalue weighted by molar-refractivity contribution is 7.19. The van der Waals surface area contributed by atoms with E-state index < -0.39 is 0 Å². The third-order valence-corrected chi connectivity index (χ3v) is 9.02. The zero-order chi connectivity index (χ0) is 24.6. The van der Waals surface area contributed by atoms with Crippen LogP contribution in [0.4, 0.5) is 16.3 Å². The van der Waals surface area contributed by atoms with Gasteiger partial charge >= 0.3 is 10.9 Å². The lowest BCUT2D eigenvalue weighted by atomic mass is 9.93. The van der Waals surface area contributed by atoms with Crippen molar-refractivity contribution >= 4 is 60.6 Å². The van der Waals surface area contributed by atoms with E-state index in [-0.39, 0.29) is 23.0 Å². The third-order valence-electron chi connectivity index (χ3n) is 7.01. The number of hydrogen-bond acceptors (Lipinski definition) is 8. The first-order valence-corrected chi connectivity index (χ1v) is 13.9. The molecule has 11 heteroatoms. The highest BCUT2D eigenvalue weighted by Gasteiger charge is 2.27. The number of urea groups is 1. The Morgan fingerprint density at radius 3 is 3.06 bits per heavy atom. The van der Waals surface area contributed by atoms with Crippen LogP contribution in [-0.4, -0.2) is 58.2 Å². The monoisotopic (exact) mass is 524 g/mol. The van der Waals surface area contributed by atoms with Gasteiger partial charge in [-0.1, -0.05) is 11.3 Å². The topological polar surface area (TPSA) is 112 Å². The molecular weight excluding hydrogens is 496 g/mol. The fourth-order valence-corrected chi connectivity index (χ4v) is 7.13. The van der Waals surface area contributed by atoms with Crippen LogP contribution in [0.5, 0.6) is 0 Å². The Hall–Kier alpha value is -3.02. The number of carbonyl (C=O) groups excluding carboxylic acids is 1. The molecule has 2 atom stereocenters. The molecule has 2 aliphatic rings. The molecule has 188 valence electrons. The largest absolute Gasteiger partial charge is 0.378 e. The number of ether oxygens (including phenoxy) is 1. The molecule has 1 saturated heterocycles. The second kappa shape index (κ2) is 9.79. The molecule has 0 radical (unpaired) electrons. The van der Waals surface area contributed by atoms with Gasteiger partial charge < -0.3 is 25.3 Å². The van der Waals surface area contributed by atoms with E-state index in [4.69, 9.17) is 4.74 Å². The van der Waals surface area contributed by atoms with Crippen molar-refractivity contribution in [2.24, 2.45) is 0 Å². The molecule has 2 amide bonds. The van der Waals surface area contributed by atoms with Gasteiger partial charge in [0.05, 0.1) is 21.7 Å². The number of nitrogens with one attached hydrogen (secondary N) is 3. The maximum Gasteiger partial charge on any atom is 0.317 e. The van der Waals surface area contributed by atoms with E-state index >= 15 is 0 Å². The van der Waals surface area contributed by atoms with Crippen molar-refractivity contribution in [1.29, 1.82) is 0 Å². The van der Waals surface area contributed by atoms with Crippen LogP contribution in [0.1, 0.15) is 36.1 Å². The van der Waals surface area contributed by atoms with Crippen LogP contribution >= 0.6 is 22.7 Å². The number of nitrogens with zero attached hydrogens (tertiary/aromatic N) is 3. The van der Waals surface area contributed by atoms with Crippen LogP contribution < -0.4 is 15.5 Å². The van der Waals surface area contributed by atoms with E-state index in [1.807, 2.05) is 25.2 Å². The van der Waals surface area contributed by atoms with E-state index in [9.17, 15) is 9.59 Å². The van der Waals surface area contributed by atoms with Gasteiger partial charge in [0.25, 0.3) is 0 Å². The number of H-pyrrole nitrogens is 1. The lowest BCUT2D eigenvalue weighted by Gasteiger charge is -2.27. The van der Waals surface area contributed by atoms with E-state index in [0.717, 1.165) is 77.1 Å². The number of rotatable bonds is 6. The van der Waals surface area contributed by atoms with Crippen molar-refractivity contribution in [2.45, 2.75) is 50.7 Å². The zero-order valence-electron chi connectivity index (χ0n) is 20.0. The fourth-order valence-electron chi connectivity index (χ4n) is 5.08. The van der Waals surface area contributed by atoms with Gasteiger partial charge in [-0.15, -0.1) is 11.3 Å². The summed E-state index contributed by atoms with van der Waals surface area (Å²) in [5.41, 5.74) is 2.98. The van der Waals surface area contributed by atoms with Gasteiger partial charge in [0.2, 0.25) is 0 Å². The van der Waals surface area contributed by atoms with Gasteiger partial charge in [0, 0.05) is 43.2 Å². The van der Waals surface area contributed by atoms with Crippen LogP contribution in [0.2, 0.25) is 0 Å². The molecular formula is C25H28N6O3S2. The first-order chi connectivity index (χ1) is 17.5. The maximum absolute atomic E-state index is 12.8. The molecule has 0 bridgehead atoms. The normalized spacial score (nSPS) is 19.5. The summed E-state index contributed by atoms with van der Waals surface area (Å²) in [7, 11) is 1.86. The van der Waals surface area contributed by atoms with E-state index in [2.05, 4.69) is 25.6 Å². The van der Waals surface area contributed by atoms with Crippen molar-refractivity contribution < 1.29 is 9.53 Å². The van der Waals surface area contributed by atoms with Crippen molar-refractivity contribution in [3.05, 3.63) is 44.6 Å². The minimum atomic E-state index is -0.0610. The smallest absolute Gasteiger partial charge is 0.317 e. The summed E-state index contributed by atoms with van der Waals surface area (Å²) >= 11 is 2.88. The molecule has 4 heterocycles. The Balaban J connectivity index is 1.15. The van der Waals surface area contributed by atoms with Gasteiger partial charge in [-0.25, -0.2) is 14.8 Å². The Kier molecular flexibility index (Phi) is 6.36. The number of thiazole rings is 1. The van der Waals surface area contributed by atoms with Crippen LogP contribution in [-0.2, 0) is 17.6 Å². The van der Waals surface area contributed by atoms with Gasteiger partial charge in [0.1, 0.15) is 17.0 Å². The molecule has 6 rings (SSSR count). The summed E-state index contributed by atoms with van der Waals surface area (Å²) in [6, 6.07) is 5.89. The second-order valence-electron chi connectivity index (χ2n) is 9.49. The maximum atomic E-state index is 12.8. The zero-order valence-corrected chi connectivity index (χ0v) is 21.6. The van der Waals surface area contributed by atoms with E-state index in [1.54, 1.807) is 22.6 Å². The summed E-state index contributed by atoms with van der Waals surface area (Å²) in [6.07, 6.45) is 7.50. The number of benzene rings is 1. The predicted molar refractivity (Wildman–Crippen MR) is 144 cm³/mol. The van der Waals surface area contributed by atoms with Gasteiger partial charge in [-0.2, -0.15) is 0 Å². The lowest BCUT2D eigenvalue weighted by Crippen LogP contribution is -2.45. The van der Waals surface area contributed by atoms with Crippen LogP contribution in [0.15, 0.2) is 29.3 Å². The van der Waals surface area contributed by atoms with Crippen molar-refractivity contribution in [2.75, 3.05) is 25.5 Å². The van der Waals surface area contributed by atoms with Crippen molar-refractivity contribution in [3.63, 3.8) is 0 Å². The molecule has 1 aromatic carbocycles. The molecule has 0 saturated carbocycles. The molecule has 1 fully saturated rings. The van der Waals surface area contributed by atoms with E-state index in [0.29, 0.717) is 6.54 Å². The molecule has 36 heavy (non-hydrogen) atoms. The number of aromatic amines is 1. The molecule has 3 N–H and O–H groups in total. The fraction of sp³-hybridized carbons (Fsp3) is 0.440. The predicted octanol–water partition coefficient (Wildman–Crippen LogP) is 4.41. The standard InChI is InChI=1S/C25H28N6O3S2/c1-31(9-8-16-3-2-10-34-16)24(32)29-15-4-6-17-19(11-15)35-23-21(17)22(26-13-27-23)28-14-5-7-18-20(12-14)36-25(33)30-18/h5,7,12-13,15-16H,2-4,6,8-11H2,1H3,(H,29,32)(H,30,33)(H,26,27,28). The lowest BCUT2D eigenvalue weighted by molar-refractivity contribution is 0.0970. The van der Waals surface area contributed by atoms with Gasteiger partial charge in [-0.3, -0.25) is 4.79 Å². The second-order valence-corrected chi connectivity index (χ2v) is 11.6. The molecule has 1 aliphatic carbocycles. The Morgan fingerprint density at radius 1 is 1.28 bits per heavy atom. The number of fused-ring (bicyclic) bond motifs is 4. The molecule has 4 aromatic rings. The number of anilines is 2. The number of thiophene rings is 1. The van der Waals surface area contributed by atoms with Crippen LogP contribution in [0, 0.1) is 0 Å². The summed E-state index contributed by atoms with van der Waals surface area (Å²) in [4.78, 5) is 40.3. The minimum absolute atomic E-state index is 0.0212. The average molecular weight is 525 g/mol. The van der Waals surface area contributed by atoms with Gasteiger partial charge in [-0.05, 0) is 55.9 Å². The molecule has 0 spiro atoms. The molecule has 9 nitrogen and oxygen atoms in total. The summed E-state index contributed by atoms with van der Waals surface area (Å²) in [6.45, 7) is 1.54. The van der Waals surface area contributed by atoms with E-state index in [1.165, 1.54) is 21.8 Å². The summed E-state index contributed by atoms with van der Waals surface area (Å²) in [5, 5.41) is 7.72. The summed E-state index contributed by atoms with van der Waals surface area (Å²) in [5.74, 6) is 0.774. The van der Waals surface area contributed by atoms with Crippen molar-refractivity contribution in [3.8, 4) is 0 Å². The highest BCUT2D eigenvalue weighted by Crippen LogP contribution is 2.39. The SMILES string of the molecule is CN(CCC1CCCO1)C(=O)NC1CCc2c(sc3ncnc(Nc4ccc5[nH]c(=O)sc5c4)c23)C1. The first kappa shape index (κ1) is 23.4. The highest BCUT2D eigenvalue weighted by atomic mass is 32.1. The Morgan fingerprint density at radius 2 is 2.19 bits per heavy atom. The van der Waals surface area contributed by atoms with Crippen LogP contribution in [0.25, 0.3) is 20.4 Å². The summed E-state index contributed by atoms with van der Waals surface area (Å²) < 4.78 is 6.59. The minimum Gasteiger partial charge on any atom is -0.378 e. The number of aromatic nitrogens is 3. The number of hydrogen-bond donors (Lipinski definition) is 3. The molecule has 2 unspecified atom stereocenters. The Bertz CT molecular complexity index is 1470. The van der Waals surface area contributed by atoms with Crippen LogP contribution in [0.3, 0.4) is 0 Å². The Labute approximate surface area is 215 Å². The quantitative estimate of drug-likeness (QED) is 0.345. The number of amides is 2. The average Bonchev–Trinajstić information content (AvgIpc) is 3.60. The molecule has 1 aliphatic heterocycles. The number of carbonyl (C=O) groups is 1. The first-order valence-electron chi connectivity index (χ1n) is 12.3. The van der Waals surface area contributed by atoms with Crippen molar-refractivity contribution in [1.82, 2.24) is 25.2 Å².